The molecule has 2 fully saturated rings. The molecule has 3 aromatic heterocycles. The number of carbonyl (C=O) groups is 2. The first-order valence-corrected chi connectivity index (χ1v) is 13.4. The van der Waals surface area contributed by atoms with Crippen molar-refractivity contribution >= 4 is 40.3 Å². The highest BCUT2D eigenvalue weighted by Gasteiger charge is 2.29. The van der Waals surface area contributed by atoms with E-state index >= 15 is 0 Å². The van der Waals surface area contributed by atoms with Gasteiger partial charge in [0.15, 0.2) is 29.8 Å². The summed E-state index contributed by atoms with van der Waals surface area (Å²) < 4.78 is 19.0. The summed E-state index contributed by atoms with van der Waals surface area (Å²) in [5.74, 6) is 0.649. The molecule has 14 nitrogen and oxygen atoms in total. The van der Waals surface area contributed by atoms with Crippen LogP contribution < -0.4 is 15.4 Å². The van der Waals surface area contributed by atoms with Crippen LogP contribution in [0.2, 0.25) is 0 Å². The summed E-state index contributed by atoms with van der Waals surface area (Å²) in [4.78, 5) is 36.9. The summed E-state index contributed by atoms with van der Waals surface area (Å²) >= 11 is 0. The molecule has 40 heavy (non-hydrogen) atoms. The maximum Gasteiger partial charge on any atom is 0.344 e. The van der Waals surface area contributed by atoms with Gasteiger partial charge in [-0.05, 0) is 31.2 Å². The smallest absolute Gasteiger partial charge is 0.344 e. The lowest BCUT2D eigenvalue weighted by atomic mass is 10.2. The third-order valence-electron chi connectivity index (χ3n) is 7.15. The zero-order valence-electron chi connectivity index (χ0n) is 22.2. The number of carbonyl (C=O) groups excluding carboxylic acids is 2. The normalized spacial score (nSPS) is 18.0. The fourth-order valence-electron chi connectivity index (χ4n) is 5.04. The van der Waals surface area contributed by atoms with Crippen molar-refractivity contribution in [1.82, 2.24) is 34.3 Å². The molecule has 2 aliphatic rings. The van der Waals surface area contributed by atoms with Gasteiger partial charge in [0.2, 0.25) is 5.95 Å². The monoisotopic (exact) mass is 549 g/mol. The van der Waals surface area contributed by atoms with E-state index in [9.17, 15) is 9.59 Å². The number of hydrogen-bond donors (Lipinski definition) is 1. The standard InChI is InChI=1S/C26H31N9O5/c1-2-38-22(37)16-39-18-5-3-17(4-6-18)33-12-9-32(10-13-33)11-14-34-24-19(15-28-34)25-29-23(20-7-8-21(36)40-20)31-35(25)26(27)30-24/h3-6,15,20H,2,7-14,16H2,1H3,(H2,27,30)/t20-/m0/s1. The maximum atomic E-state index is 11.5. The van der Waals surface area contributed by atoms with Gasteiger partial charge in [-0.25, -0.2) is 14.5 Å². The number of nitrogens with zero attached hydrogens (tertiary/aromatic N) is 8. The Morgan fingerprint density at radius 2 is 1.90 bits per heavy atom. The molecule has 14 heteroatoms. The van der Waals surface area contributed by atoms with Crippen molar-refractivity contribution in [2.24, 2.45) is 0 Å². The second-order valence-electron chi connectivity index (χ2n) is 9.71. The molecule has 0 unspecified atom stereocenters. The van der Waals surface area contributed by atoms with Crippen LogP contribution >= 0.6 is 0 Å². The lowest BCUT2D eigenvalue weighted by Crippen LogP contribution is -2.47. The number of fused-ring (bicyclic) bond motifs is 3. The molecule has 2 N–H and O–H groups in total. The van der Waals surface area contributed by atoms with Crippen LogP contribution in [0.5, 0.6) is 5.75 Å². The lowest BCUT2D eigenvalue weighted by Gasteiger charge is -2.36. The Kier molecular flexibility index (Phi) is 7.07. The van der Waals surface area contributed by atoms with Gasteiger partial charge in [-0.2, -0.15) is 14.6 Å². The Hall–Kier alpha value is -4.46. The highest BCUT2D eigenvalue weighted by Crippen LogP contribution is 2.29. The molecular weight excluding hydrogens is 518 g/mol. The van der Waals surface area contributed by atoms with Crippen LogP contribution in [0.25, 0.3) is 16.7 Å². The zero-order chi connectivity index (χ0) is 27.6. The van der Waals surface area contributed by atoms with Gasteiger partial charge in [-0.1, -0.05) is 0 Å². The van der Waals surface area contributed by atoms with E-state index in [1.807, 2.05) is 28.9 Å². The highest BCUT2D eigenvalue weighted by atomic mass is 16.6. The van der Waals surface area contributed by atoms with Crippen molar-refractivity contribution in [1.29, 1.82) is 0 Å². The van der Waals surface area contributed by atoms with Crippen molar-refractivity contribution < 1.29 is 23.8 Å². The molecule has 210 valence electrons. The van der Waals surface area contributed by atoms with E-state index in [2.05, 4.69) is 30.0 Å². The summed E-state index contributed by atoms with van der Waals surface area (Å²) in [5.41, 5.74) is 8.53. The van der Waals surface area contributed by atoms with Crippen molar-refractivity contribution in [2.75, 3.05) is 56.6 Å². The second kappa shape index (κ2) is 11.0. The summed E-state index contributed by atoms with van der Waals surface area (Å²) in [5, 5.41) is 9.73. The number of rotatable bonds is 9. The average molecular weight is 550 g/mol. The molecule has 5 heterocycles. The van der Waals surface area contributed by atoms with Gasteiger partial charge in [-0.15, -0.1) is 5.10 Å². The van der Waals surface area contributed by atoms with E-state index in [1.165, 1.54) is 4.52 Å². The van der Waals surface area contributed by atoms with Gasteiger partial charge in [0.25, 0.3) is 0 Å². The number of nitrogen functional groups attached to an aromatic ring is 1. The Balaban J connectivity index is 1.05. The number of benzene rings is 1. The molecule has 2 saturated heterocycles. The molecule has 6 rings (SSSR count). The fraction of sp³-hybridized carbons (Fsp3) is 0.462. The number of anilines is 2. The number of ether oxygens (including phenoxy) is 3. The van der Waals surface area contributed by atoms with Crippen LogP contribution in [-0.2, 0) is 25.6 Å². The molecule has 1 aromatic carbocycles. The third kappa shape index (κ3) is 5.21. The van der Waals surface area contributed by atoms with Gasteiger partial charge in [0.05, 0.1) is 24.7 Å². The van der Waals surface area contributed by atoms with Gasteiger partial charge >= 0.3 is 11.9 Å². The number of hydrogen-bond acceptors (Lipinski definition) is 12. The van der Waals surface area contributed by atoms with E-state index < -0.39 is 6.10 Å². The largest absolute Gasteiger partial charge is 0.482 e. The first kappa shape index (κ1) is 25.8. The number of aromatic nitrogens is 6. The minimum Gasteiger partial charge on any atom is -0.482 e. The Bertz CT molecular complexity index is 1530. The van der Waals surface area contributed by atoms with Gasteiger partial charge in [0, 0.05) is 51.3 Å². The van der Waals surface area contributed by atoms with Gasteiger partial charge in [0.1, 0.15) is 5.75 Å². The van der Waals surface area contributed by atoms with Crippen molar-refractivity contribution in [3.05, 3.63) is 36.3 Å². The first-order chi connectivity index (χ1) is 19.5. The number of cyclic esters (lactones) is 1. The van der Waals surface area contributed by atoms with E-state index in [0.29, 0.717) is 48.9 Å². The lowest BCUT2D eigenvalue weighted by molar-refractivity contribution is -0.145. The summed E-state index contributed by atoms with van der Waals surface area (Å²) in [6.07, 6.45) is 2.18. The maximum absolute atomic E-state index is 11.5. The molecular formula is C26H31N9O5. The highest BCUT2D eigenvalue weighted by molar-refractivity contribution is 5.89. The Morgan fingerprint density at radius 1 is 1.10 bits per heavy atom. The molecule has 0 aliphatic carbocycles. The van der Waals surface area contributed by atoms with Crippen molar-refractivity contribution in [3.8, 4) is 5.75 Å². The van der Waals surface area contributed by atoms with Crippen LogP contribution in [0.15, 0.2) is 30.5 Å². The number of esters is 2. The minimum absolute atomic E-state index is 0.0952. The fourth-order valence-corrected chi connectivity index (χ4v) is 5.04. The molecule has 1 atom stereocenters. The van der Waals surface area contributed by atoms with Crippen LogP contribution in [-0.4, -0.2) is 92.1 Å². The van der Waals surface area contributed by atoms with Crippen LogP contribution in [0.4, 0.5) is 11.6 Å². The molecule has 0 bridgehead atoms. The van der Waals surface area contributed by atoms with Crippen LogP contribution in [0, 0.1) is 0 Å². The first-order valence-electron chi connectivity index (χ1n) is 13.4. The van der Waals surface area contributed by atoms with Crippen molar-refractivity contribution in [3.63, 3.8) is 0 Å². The van der Waals surface area contributed by atoms with Gasteiger partial charge in [-0.3, -0.25) is 9.69 Å². The SMILES string of the molecule is CCOC(=O)COc1ccc(N2CCN(CCn3ncc4c3nc(N)n3nc([C@@H]5CCC(=O)O5)nc43)CC2)cc1. The number of piperazine rings is 1. The zero-order valence-corrected chi connectivity index (χ0v) is 22.2. The van der Waals surface area contributed by atoms with E-state index in [1.54, 1.807) is 13.1 Å². The minimum atomic E-state index is -0.460. The number of nitrogens with two attached hydrogens (primary N) is 1. The molecule has 0 radical (unpaired) electrons. The average Bonchev–Trinajstić information content (AvgIpc) is 3.70. The predicted molar refractivity (Wildman–Crippen MR) is 144 cm³/mol. The van der Waals surface area contributed by atoms with E-state index in [-0.39, 0.29) is 24.5 Å². The third-order valence-corrected chi connectivity index (χ3v) is 7.15. The molecule has 0 saturated carbocycles. The van der Waals surface area contributed by atoms with Crippen LogP contribution in [0.1, 0.15) is 31.7 Å². The predicted octanol–water partition coefficient (Wildman–Crippen LogP) is 1.20. The van der Waals surface area contributed by atoms with Gasteiger partial charge < -0.3 is 24.8 Å². The van der Waals surface area contributed by atoms with Crippen LogP contribution in [0.3, 0.4) is 0 Å². The summed E-state index contributed by atoms with van der Waals surface area (Å²) in [7, 11) is 0. The molecule has 2 aliphatic heterocycles. The quantitative estimate of drug-likeness (QED) is 0.298. The van der Waals surface area contributed by atoms with E-state index in [4.69, 9.17) is 19.9 Å². The topological polar surface area (TPSA) is 155 Å². The Labute approximate surface area is 229 Å². The summed E-state index contributed by atoms with van der Waals surface area (Å²) in [6.45, 7) is 7.08. The summed E-state index contributed by atoms with van der Waals surface area (Å²) in [6, 6.07) is 7.76. The van der Waals surface area contributed by atoms with E-state index in [0.717, 1.165) is 43.8 Å². The molecule has 0 spiro atoms. The molecule has 0 amide bonds. The Morgan fingerprint density at radius 3 is 2.62 bits per heavy atom. The van der Waals surface area contributed by atoms with Crippen molar-refractivity contribution in [2.45, 2.75) is 32.4 Å². The second-order valence-corrected chi connectivity index (χ2v) is 9.71. The molecule has 4 aromatic rings.